The second-order valence-electron chi connectivity index (χ2n) is 2.34. The average molecular weight is 129 g/mol. The molecular weight excluding hydrogens is 118 g/mol. The largest absolute Gasteiger partial charge is 0.300 e. The van der Waals surface area contributed by atoms with Gasteiger partial charge in [-0.3, -0.25) is 16.0 Å². The van der Waals surface area contributed by atoms with Crippen LogP contribution in [0.3, 0.4) is 0 Å². The number of rotatable bonds is 0. The topological polar surface area (TPSA) is 60.1 Å². The fourth-order valence-electron chi connectivity index (χ4n) is 1.17. The van der Waals surface area contributed by atoms with Gasteiger partial charge in [-0.1, -0.05) is 0 Å². The lowest BCUT2D eigenvalue weighted by atomic mass is 10.4. The fraction of sp³-hybridized carbons (Fsp3) is 1.00. The number of hydrogen-bond donors (Lipinski definition) is 5. The minimum Gasteiger partial charge on any atom is -0.300 e. The standard InChI is InChI=1S/C4H11N5/c1-4(6-2-5-1)7-3-8-9-4/h5-9H,1-3H2. The Balaban J connectivity index is 2.04. The monoisotopic (exact) mass is 129 g/mol. The molecule has 0 aromatic rings. The zero-order valence-electron chi connectivity index (χ0n) is 5.12. The van der Waals surface area contributed by atoms with Crippen LogP contribution in [0.15, 0.2) is 0 Å². The quantitative estimate of drug-likeness (QED) is 0.249. The van der Waals surface area contributed by atoms with Crippen LogP contribution < -0.4 is 26.8 Å². The van der Waals surface area contributed by atoms with Gasteiger partial charge in [0.05, 0.1) is 6.67 Å². The van der Waals surface area contributed by atoms with E-state index in [0.29, 0.717) is 0 Å². The van der Waals surface area contributed by atoms with E-state index in [1.165, 1.54) is 0 Å². The lowest BCUT2D eigenvalue weighted by Crippen LogP contribution is -2.60. The van der Waals surface area contributed by atoms with Crippen molar-refractivity contribution in [3.8, 4) is 0 Å². The summed E-state index contributed by atoms with van der Waals surface area (Å²) in [6.07, 6.45) is 0. The van der Waals surface area contributed by atoms with Crippen LogP contribution in [-0.2, 0) is 0 Å². The highest BCUT2D eigenvalue weighted by Gasteiger charge is 2.35. The Kier molecular flexibility index (Phi) is 1.17. The van der Waals surface area contributed by atoms with E-state index in [1.54, 1.807) is 0 Å². The van der Waals surface area contributed by atoms with Crippen LogP contribution in [-0.4, -0.2) is 25.7 Å². The summed E-state index contributed by atoms with van der Waals surface area (Å²) in [7, 11) is 0. The molecule has 52 valence electrons. The van der Waals surface area contributed by atoms with Crippen molar-refractivity contribution in [1.82, 2.24) is 26.8 Å². The Morgan fingerprint density at radius 2 is 2.00 bits per heavy atom. The van der Waals surface area contributed by atoms with Crippen LogP contribution in [0.2, 0.25) is 0 Å². The van der Waals surface area contributed by atoms with E-state index < -0.39 is 0 Å². The van der Waals surface area contributed by atoms with Gasteiger partial charge in [0.2, 0.25) is 0 Å². The van der Waals surface area contributed by atoms with E-state index in [9.17, 15) is 0 Å². The molecule has 2 saturated heterocycles. The Bertz CT molecular complexity index is 84.0. The fourth-order valence-corrected chi connectivity index (χ4v) is 1.17. The van der Waals surface area contributed by atoms with Crippen LogP contribution in [0, 0.1) is 0 Å². The van der Waals surface area contributed by atoms with E-state index >= 15 is 0 Å². The van der Waals surface area contributed by atoms with E-state index in [2.05, 4.69) is 26.8 Å². The summed E-state index contributed by atoms with van der Waals surface area (Å²) in [5.74, 6) is -0.0833. The maximum Gasteiger partial charge on any atom is 0.151 e. The van der Waals surface area contributed by atoms with Crippen molar-refractivity contribution in [3.63, 3.8) is 0 Å². The van der Waals surface area contributed by atoms with E-state index in [-0.39, 0.29) is 5.79 Å². The second-order valence-corrected chi connectivity index (χ2v) is 2.34. The first-order valence-electron chi connectivity index (χ1n) is 3.12. The van der Waals surface area contributed by atoms with Gasteiger partial charge in [0.15, 0.2) is 5.79 Å². The summed E-state index contributed by atoms with van der Waals surface area (Å²) >= 11 is 0. The van der Waals surface area contributed by atoms with Crippen LogP contribution in [0.5, 0.6) is 0 Å². The molecule has 9 heavy (non-hydrogen) atoms. The Hall–Kier alpha value is -0.200. The molecule has 2 aliphatic rings. The summed E-state index contributed by atoms with van der Waals surface area (Å²) in [6.45, 7) is 2.59. The lowest BCUT2D eigenvalue weighted by Gasteiger charge is -2.21. The van der Waals surface area contributed by atoms with Gasteiger partial charge < -0.3 is 0 Å². The number of hydrazine groups is 1. The molecule has 1 spiro atoms. The predicted molar refractivity (Wildman–Crippen MR) is 33.0 cm³/mol. The van der Waals surface area contributed by atoms with Crippen LogP contribution in [0.4, 0.5) is 0 Å². The molecule has 0 amide bonds. The average Bonchev–Trinajstić information content (AvgIpc) is 2.45. The van der Waals surface area contributed by atoms with E-state index in [1.807, 2.05) is 0 Å². The highest BCUT2D eigenvalue weighted by molar-refractivity contribution is 4.90. The van der Waals surface area contributed by atoms with Crippen molar-refractivity contribution < 1.29 is 0 Å². The molecule has 0 bridgehead atoms. The van der Waals surface area contributed by atoms with Crippen molar-refractivity contribution >= 4 is 0 Å². The molecule has 0 aliphatic carbocycles. The third kappa shape index (κ3) is 0.828. The first-order chi connectivity index (χ1) is 4.41. The summed E-state index contributed by atoms with van der Waals surface area (Å²) in [5, 5.41) is 9.65. The first kappa shape index (κ1) is 5.57. The lowest BCUT2D eigenvalue weighted by molar-refractivity contribution is 0.311. The number of nitrogens with one attached hydrogen (secondary N) is 5. The molecule has 0 aromatic carbocycles. The van der Waals surface area contributed by atoms with Gasteiger partial charge in [-0.15, -0.1) is 0 Å². The van der Waals surface area contributed by atoms with Gasteiger partial charge in [-0.2, -0.15) is 0 Å². The predicted octanol–water partition coefficient (Wildman–Crippen LogP) is -2.55. The Labute approximate surface area is 53.5 Å². The second kappa shape index (κ2) is 1.89. The van der Waals surface area contributed by atoms with Gasteiger partial charge in [0.1, 0.15) is 0 Å². The van der Waals surface area contributed by atoms with Gasteiger partial charge in [-0.25, -0.2) is 10.9 Å². The molecule has 2 aliphatic heterocycles. The summed E-state index contributed by atoms with van der Waals surface area (Å²) in [5.41, 5.74) is 6.09. The molecular formula is C4H11N5. The highest BCUT2D eigenvalue weighted by Crippen LogP contribution is 1.98. The summed E-state index contributed by atoms with van der Waals surface area (Å²) in [4.78, 5) is 0. The van der Waals surface area contributed by atoms with Crippen LogP contribution in [0.25, 0.3) is 0 Å². The zero-order valence-corrected chi connectivity index (χ0v) is 5.12. The van der Waals surface area contributed by atoms with Crippen molar-refractivity contribution in [2.24, 2.45) is 0 Å². The van der Waals surface area contributed by atoms with Crippen LogP contribution in [0.1, 0.15) is 0 Å². The molecule has 0 saturated carbocycles. The molecule has 1 atom stereocenters. The maximum absolute atomic E-state index is 3.24. The molecule has 2 rings (SSSR count). The number of hydrogen-bond acceptors (Lipinski definition) is 5. The SMILES string of the molecule is C1NCC2(N1)NCNN2. The van der Waals surface area contributed by atoms with Gasteiger partial charge in [0.25, 0.3) is 0 Å². The van der Waals surface area contributed by atoms with E-state index in [0.717, 1.165) is 19.9 Å². The molecule has 1 unspecified atom stereocenters. The van der Waals surface area contributed by atoms with Crippen molar-refractivity contribution in [2.45, 2.75) is 5.79 Å². The molecule has 5 nitrogen and oxygen atoms in total. The van der Waals surface area contributed by atoms with Crippen molar-refractivity contribution in [1.29, 1.82) is 0 Å². The third-order valence-corrected chi connectivity index (χ3v) is 1.69. The summed E-state index contributed by atoms with van der Waals surface area (Å²) in [6, 6.07) is 0. The smallest absolute Gasteiger partial charge is 0.151 e. The first-order valence-corrected chi connectivity index (χ1v) is 3.12. The Morgan fingerprint density at radius 3 is 2.56 bits per heavy atom. The molecule has 5 N–H and O–H groups in total. The van der Waals surface area contributed by atoms with Crippen molar-refractivity contribution in [3.05, 3.63) is 0 Å². The summed E-state index contributed by atoms with van der Waals surface area (Å²) < 4.78 is 0. The third-order valence-electron chi connectivity index (χ3n) is 1.69. The minimum atomic E-state index is -0.0833. The van der Waals surface area contributed by atoms with Gasteiger partial charge >= 0.3 is 0 Å². The molecule has 0 aromatic heterocycles. The molecule has 5 heteroatoms. The van der Waals surface area contributed by atoms with Gasteiger partial charge in [-0.05, 0) is 0 Å². The molecule has 2 heterocycles. The minimum absolute atomic E-state index is 0.0833. The molecule has 0 radical (unpaired) electrons. The maximum atomic E-state index is 3.24. The molecule has 2 fully saturated rings. The Morgan fingerprint density at radius 1 is 1.11 bits per heavy atom. The zero-order chi connectivity index (χ0) is 6.16. The normalized spacial score (nSPS) is 42.7. The van der Waals surface area contributed by atoms with E-state index in [4.69, 9.17) is 0 Å². The van der Waals surface area contributed by atoms with Crippen molar-refractivity contribution in [2.75, 3.05) is 19.9 Å². The van der Waals surface area contributed by atoms with Gasteiger partial charge in [0, 0.05) is 13.2 Å². The van der Waals surface area contributed by atoms with Crippen LogP contribution >= 0.6 is 0 Å². The highest BCUT2D eigenvalue weighted by atomic mass is 15.6.